The first-order valence-electron chi connectivity index (χ1n) is 5.83. The average Bonchev–Trinajstić information content (AvgIpc) is 2.88. The van der Waals surface area contributed by atoms with Crippen LogP contribution >= 0.6 is 0 Å². The monoisotopic (exact) mass is 232 g/mol. The van der Waals surface area contributed by atoms with Crippen molar-refractivity contribution in [2.24, 2.45) is 17.8 Å². The molecule has 2 aliphatic rings. The molecule has 0 aliphatic heterocycles. The summed E-state index contributed by atoms with van der Waals surface area (Å²) in [5.41, 5.74) is 0.814. The third-order valence-corrected chi connectivity index (χ3v) is 3.98. The lowest BCUT2D eigenvalue weighted by molar-refractivity contribution is -0.143. The molecular formula is C14H13FO2. The van der Waals surface area contributed by atoms with E-state index in [1.807, 2.05) is 12.1 Å². The van der Waals surface area contributed by atoms with Crippen LogP contribution in [0.5, 0.6) is 0 Å². The van der Waals surface area contributed by atoms with Gasteiger partial charge in [0.25, 0.3) is 0 Å². The van der Waals surface area contributed by atoms with E-state index >= 15 is 0 Å². The van der Waals surface area contributed by atoms with Crippen molar-refractivity contribution in [2.75, 3.05) is 0 Å². The van der Waals surface area contributed by atoms with Gasteiger partial charge in [0.1, 0.15) is 5.82 Å². The fourth-order valence-corrected chi connectivity index (χ4v) is 3.33. The van der Waals surface area contributed by atoms with Gasteiger partial charge in [-0.1, -0.05) is 24.3 Å². The van der Waals surface area contributed by atoms with Crippen molar-refractivity contribution in [1.29, 1.82) is 0 Å². The lowest BCUT2D eigenvalue weighted by atomic mass is 9.78. The maximum Gasteiger partial charge on any atom is 0.307 e. The highest BCUT2D eigenvalue weighted by Crippen LogP contribution is 2.53. The number of allylic oxidation sites excluding steroid dienone is 2. The molecule has 0 radical (unpaired) electrons. The summed E-state index contributed by atoms with van der Waals surface area (Å²) in [7, 11) is 0. The summed E-state index contributed by atoms with van der Waals surface area (Å²) in [6.07, 6.45) is 4.97. The fourth-order valence-electron chi connectivity index (χ4n) is 3.33. The van der Waals surface area contributed by atoms with Gasteiger partial charge in [-0.25, -0.2) is 4.39 Å². The molecule has 1 saturated carbocycles. The minimum absolute atomic E-state index is 0.0711. The van der Waals surface area contributed by atoms with Crippen molar-refractivity contribution in [3.05, 3.63) is 47.8 Å². The number of rotatable bonds is 2. The van der Waals surface area contributed by atoms with Crippen LogP contribution in [0, 0.1) is 23.6 Å². The van der Waals surface area contributed by atoms with E-state index in [-0.39, 0.29) is 23.6 Å². The number of aliphatic carboxylic acids is 1. The zero-order valence-corrected chi connectivity index (χ0v) is 9.21. The Kier molecular flexibility index (Phi) is 2.28. The molecule has 3 rings (SSSR count). The Morgan fingerprint density at radius 2 is 2.06 bits per heavy atom. The van der Waals surface area contributed by atoms with Gasteiger partial charge < -0.3 is 5.11 Å². The molecule has 2 bridgehead atoms. The van der Waals surface area contributed by atoms with Crippen LogP contribution in [0.3, 0.4) is 0 Å². The van der Waals surface area contributed by atoms with Crippen molar-refractivity contribution < 1.29 is 14.3 Å². The summed E-state index contributed by atoms with van der Waals surface area (Å²) < 4.78 is 13.2. The van der Waals surface area contributed by atoms with Crippen molar-refractivity contribution in [2.45, 2.75) is 12.3 Å². The zero-order chi connectivity index (χ0) is 12.0. The summed E-state index contributed by atoms with van der Waals surface area (Å²) in [6, 6.07) is 6.34. The third-order valence-electron chi connectivity index (χ3n) is 3.98. The van der Waals surface area contributed by atoms with E-state index in [2.05, 4.69) is 6.08 Å². The van der Waals surface area contributed by atoms with Crippen LogP contribution in [0.15, 0.2) is 36.4 Å². The molecule has 3 heteroatoms. The van der Waals surface area contributed by atoms with Gasteiger partial charge in [0.15, 0.2) is 0 Å². The third kappa shape index (κ3) is 1.57. The molecule has 2 aliphatic carbocycles. The van der Waals surface area contributed by atoms with Crippen LogP contribution in [0.25, 0.3) is 0 Å². The van der Waals surface area contributed by atoms with Crippen LogP contribution in [0.1, 0.15) is 17.9 Å². The topological polar surface area (TPSA) is 37.3 Å². The Morgan fingerprint density at radius 1 is 1.29 bits per heavy atom. The molecule has 0 spiro atoms. The Hall–Kier alpha value is -1.64. The number of halogens is 1. The molecule has 1 aromatic rings. The molecule has 17 heavy (non-hydrogen) atoms. The Balaban J connectivity index is 2.02. The SMILES string of the molecule is O=C(O)C1C2C=CC(C2)C1c1cccc(F)c1. The molecule has 4 unspecified atom stereocenters. The van der Waals surface area contributed by atoms with E-state index < -0.39 is 11.9 Å². The van der Waals surface area contributed by atoms with Crippen LogP contribution in [-0.4, -0.2) is 11.1 Å². The first kappa shape index (κ1) is 10.5. The van der Waals surface area contributed by atoms with E-state index in [4.69, 9.17) is 0 Å². The predicted molar refractivity (Wildman–Crippen MR) is 61.0 cm³/mol. The van der Waals surface area contributed by atoms with Crippen LogP contribution in [0.4, 0.5) is 4.39 Å². The van der Waals surface area contributed by atoms with Gasteiger partial charge in [0, 0.05) is 5.92 Å². The highest BCUT2D eigenvalue weighted by atomic mass is 19.1. The van der Waals surface area contributed by atoms with Crippen molar-refractivity contribution >= 4 is 5.97 Å². The number of carboxylic acids is 1. The number of benzene rings is 1. The number of carbonyl (C=O) groups is 1. The standard InChI is InChI=1S/C14H13FO2/c15-11-3-1-2-8(7-11)12-9-4-5-10(6-9)13(12)14(16)17/h1-5,7,9-10,12-13H,6H2,(H,16,17). The number of fused-ring (bicyclic) bond motifs is 2. The van der Waals surface area contributed by atoms with Crippen LogP contribution in [-0.2, 0) is 4.79 Å². The summed E-state index contributed by atoms with van der Waals surface area (Å²) in [6.45, 7) is 0. The van der Waals surface area contributed by atoms with Gasteiger partial charge >= 0.3 is 5.97 Å². The van der Waals surface area contributed by atoms with Crippen molar-refractivity contribution in [1.82, 2.24) is 0 Å². The smallest absolute Gasteiger partial charge is 0.307 e. The quantitative estimate of drug-likeness (QED) is 0.796. The predicted octanol–water partition coefficient (Wildman–Crippen LogP) is 2.82. The molecule has 0 amide bonds. The molecule has 1 aromatic carbocycles. The van der Waals surface area contributed by atoms with E-state index in [1.54, 1.807) is 6.07 Å². The molecular weight excluding hydrogens is 219 g/mol. The fraction of sp³-hybridized carbons (Fsp3) is 0.357. The number of carboxylic acid groups (broad SMARTS) is 1. The molecule has 88 valence electrons. The van der Waals surface area contributed by atoms with Gasteiger partial charge in [-0.3, -0.25) is 4.79 Å². The molecule has 1 fully saturated rings. The minimum Gasteiger partial charge on any atom is -0.481 e. The Morgan fingerprint density at radius 3 is 2.76 bits per heavy atom. The van der Waals surface area contributed by atoms with Crippen molar-refractivity contribution in [3.63, 3.8) is 0 Å². The summed E-state index contributed by atoms with van der Waals surface area (Å²) >= 11 is 0. The van der Waals surface area contributed by atoms with Gasteiger partial charge in [-0.15, -0.1) is 0 Å². The minimum atomic E-state index is -0.767. The second-order valence-corrected chi connectivity index (χ2v) is 4.89. The van der Waals surface area contributed by atoms with Crippen molar-refractivity contribution in [3.8, 4) is 0 Å². The zero-order valence-electron chi connectivity index (χ0n) is 9.21. The Bertz CT molecular complexity index is 495. The average molecular weight is 232 g/mol. The highest BCUT2D eigenvalue weighted by Gasteiger charge is 2.48. The molecule has 2 nitrogen and oxygen atoms in total. The number of hydrogen-bond donors (Lipinski definition) is 1. The first-order chi connectivity index (χ1) is 8.16. The highest BCUT2D eigenvalue weighted by molar-refractivity contribution is 5.73. The Labute approximate surface area is 98.8 Å². The maximum atomic E-state index is 13.2. The largest absolute Gasteiger partial charge is 0.481 e. The summed E-state index contributed by atoms with van der Waals surface area (Å²) in [5.74, 6) is -1.16. The maximum absolute atomic E-state index is 13.2. The van der Waals surface area contributed by atoms with Gasteiger partial charge in [0.05, 0.1) is 5.92 Å². The first-order valence-corrected chi connectivity index (χ1v) is 5.83. The normalized spacial score (nSPS) is 34.2. The molecule has 0 saturated heterocycles. The molecule has 0 heterocycles. The van der Waals surface area contributed by atoms with Gasteiger partial charge in [0.2, 0.25) is 0 Å². The van der Waals surface area contributed by atoms with E-state index in [0.29, 0.717) is 0 Å². The summed E-state index contributed by atoms with van der Waals surface area (Å²) in [5, 5.41) is 9.31. The molecule has 1 N–H and O–H groups in total. The lowest BCUT2D eigenvalue weighted by Gasteiger charge is -2.25. The molecule has 4 atom stereocenters. The van der Waals surface area contributed by atoms with Crippen LogP contribution in [0.2, 0.25) is 0 Å². The van der Waals surface area contributed by atoms with Gasteiger partial charge in [-0.05, 0) is 36.0 Å². The van der Waals surface area contributed by atoms with E-state index in [9.17, 15) is 14.3 Å². The van der Waals surface area contributed by atoms with Crippen LogP contribution < -0.4 is 0 Å². The molecule has 0 aromatic heterocycles. The van der Waals surface area contributed by atoms with Gasteiger partial charge in [-0.2, -0.15) is 0 Å². The second kappa shape index (κ2) is 3.69. The number of hydrogen-bond acceptors (Lipinski definition) is 1. The van der Waals surface area contributed by atoms with E-state index in [1.165, 1.54) is 12.1 Å². The second-order valence-electron chi connectivity index (χ2n) is 4.89. The van der Waals surface area contributed by atoms with E-state index in [0.717, 1.165) is 12.0 Å². The summed E-state index contributed by atoms with van der Waals surface area (Å²) in [4.78, 5) is 11.3. The lowest BCUT2D eigenvalue weighted by Crippen LogP contribution is -2.25.